The van der Waals surface area contributed by atoms with E-state index in [1.807, 2.05) is 0 Å². The van der Waals surface area contributed by atoms with Gasteiger partial charge >= 0.3 is 10.2 Å². The molecule has 4 heteroatoms. The summed E-state index contributed by atoms with van der Waals surface area (Å²) in [5.74, 6) is 0. The van der Waals surface area contributed by atoms with Gasteiger partial charge in [-0.25, -0.2) is 0 Å². The van der Waals surface area contributed by atoms with Crippen LogP contribution < -0.4 is 0 Å². The summed E-state index contributed by atoms with van der Waals surface area (Å²) in [5.41, 5.74) is 2.00. The molecule has 18 heavy (non-hydrogen) atoms. The third-order valence-electron chi connectivity index (χ3n) is 4.11. The highest BCUT2D eigenvalue weighted by atomic mass is 32.3. The Labute approximate surface area is 108 Å². The van der Waals surface area contributed by atoms with Crippen LogP contribution >= 0.6 is 0 Å². The van der Waals surface area contributed by atoms with Crippen LogP contribution in [0, 0.1) is 0 Å². The van der Waals surface area contributed by atoms with E-state index in [1.54, 1.807) is 6.07 Å². The topological polar surface area (TPSA) is 34.1 Å². The third-order valence-corrected chi connectivity index (χ3v) is 4.92. The van der Waals surface area contributed by atoms with Crippen molar-refractivity contribution in [2.24, 2.45) is 0 Å². The van der Waals surface area contributed by atoms with E-state index >= 15 is 0 Å². The lowest BCUT2D eigenvalue weighted by molar-refractivity contribution is 0.331. The molecule has 0 aliphatic heterocycles. The molecular weight excluding hydrogens is 251 g/mol. The highest BCUT2D eigenvalue weighted by Crippen LogP contribution is 2.46. The minimum absolute atomic E-state index is 0.0173. The molecule has 0 spiro atoms. The summed E-state index contributed by atoms with van der Waals surface area (Å²) in [6.07, 6.45) is 2.03. The Balaban J connectivity index is 2.70. The molecule has 1 aromatic rings. The summed E-state index contributed by atoms with van der Waals surface area (Å²) in [4.78, 5) is -0.230. The maximum atomic E-state index is 13.1. The van der Waals surface area contributed by atoms with Crippen molar-refractivity contribution in [2.45, 2.75) is 56.3 Å². The monoisotopic (exact) mass is 270 g/mol. The number of benzene rings is 1. The SMILES string of the molecule is CC1(C)CCC(C)(C)c2cc(S(=O)(=O)F)ccc21. The Hall–Kier alpha value is -0.900. The molecular formula is C14H19FO2S. The second-order valence-corrected chi connectivity index (χ2v) is 7.76. The molecule has 0 atom stereocenters. The molecule has 0 saturated carbocycles. The standard InChI is InChI=1S/C14H19FO2S/c1-13(2)7-8-14(3,4)12-9-10(18(15,16)17)5-6-11(12)13/h5-6,9H,7-8H2,1-4H3. The zero-order valence-corrected chi connectivity index (χ0v) is 12.1. The Morgan fingerprint density at radius 2 is 1.50 bits per heavy atom. The molecule has 0 fully saturated rings. The number of hydrogen-bond donors (Lipinski definition) is 0. The first-order valence-electron chi connectivity index (χ1n) is 6.14. The summed E-state index contributed by atoms with van der Waals surface area (Å²) in [7, 11) is -4.62. The molecule has 0 N–H and O–H groups in total. The van der Waals surface area contributed by atoms with Gasteiger partial charge in [-0.15, -0.1) is 3.89 Å². The van der Waals surface area contributed by atoms with Gasteiger partial charge in [0.2, 0.25) is 0 Å². The highest BCUT2D eigenvalue weighted by Gasteiger charge is 2.37. The van der Waals surface area contributed by atoms with Crippen molar-refractivity contribution >= 4 is 10.2 Å². The summed E-state index contributed by atoms with van der Waals surface area (Å²) >= 11 is 0. The third kappa shape index (κ3) is 2.18. The van der Waals surface area contributed by atoms with E-state index in [-0.39, 0.29) is 15.7 Å². The van der Waals surface area contributed by atoms with Crippen molar-refractivity contribution in [1.82, 2.24) is 0 Å². The van der Waals surface area contributed by atoms with Gasteiger partial charge in [-0.2, -0.15) is 8.42 Å². The van der Waals surface area contributed by atoms with Crippen molar-refractivity contribution < 1.29 is 12.3 Å². The second kappa shape index (κ2) is 3.80. The zero-order chi connectivity index (χ0) is 13.8. The largest absolute Gasteiger partial charge is 0.332 e. The first-order chi connectivity index (χ1) is 8.04. The van der Waals surface area contributed by atoms with E-state index in [1.165, 1.54) is 12.1 Å². The van der Waals surface area contributed by atoms with Gasteiger partial charge in [0, 0.05) is 0 Å². The average Bonchev–Trinajstić information content (AvgIpc) is 2.23. The van der Waals surface area contributed by atoms with Gasteiger partial charge < -0.3 is 0 Å². The predicted molar refractivity (Wildman–Crippen MR) is 70.0 cm³/mol. The van der Waals surface area contributed by atoms with Crippen molar-refractivity contribution in [2.75, 3.05) is 0 Å². The summed E-state index contributed by atoms with van der Waals surface area (Å²) in [5, 5.41) is 0. The number of fused-ring (bicyclic) bond motifs is 1. The molecule has 2 rings (SSSR count). The van der Waals surface area contributed by atoms with Crippen molar-refractivity contribution in [3.05, 3.63) is 29.3 Å². The molecule has 100 valence electrons. The molecule has 2 nitrogen and oxygen atoms in total. The summed E-state index contributed by atoms with van der Waals surface area (Å²) in [6, 6.07) is 4.64. The average molecular weight is 270 g/mol. The molecule has 0 unspecified atom stereocenters. The Morgan fingerprint density at radius 3 is 2.00 bits per heavy atom. The van der Waals surface area contributed by atoms with Crippen LogP contribution in [0.3, 0.4) is 0 Å². The van der Waals surface area contributed by atoms with Gasteiger partial charge in [0.05, 0.1) is 4.90 Å². The van der Waals surface area contributed by atoms with Gasteiger partial charge in [0.1, 0.15) is 0 Å². The van der Waals surface area contributed by atoms with Crippen LogP contribution in [-0.2, 0) is 21.1 Å². The normalized spacial score (nSPS) is 21.4. The first kappa shape index (κ1) is 13.5. The second-order valence-electron chi connectivity index (χ2n) is 6.41. The molecule has 1 aliphatic carbocycles. The fourth-order valence-corrected chi connectivity index (χ4v) is 3.21. The van der Waals surface area contributed by atoms with Crippen LogP contribution in [0.5, 0.6) is 0 Å². The van der Waals surface area contributed by atoms with Crippen LogP contribution in [0.1, 0.15) is 51.7 Å². The molecule has 0 saturated heterocycles. The van der Waals surface area contributed by atoms with E-state index in [0.29, 0.717) is 0 Å². The zero-order valence-electron chi connectivity index (χ0n) is 11.2. The number of rotatable bonds is 1. The smallest absolute Gasteiger partial charge is 0.189 e. The summed E-state index contributed by atoms with van der Waals surface area (Å²) < 4.78 is 35.2. The molecule has 0 aromatic heterocycles. The molecule has 0 amide bonds. The Kier molecular flexibility index (Phi) is 2.85. The summed E-state index contributed by atoms with van der Waals surface area (Å²) in [6.45, 7) is 8.45. The van der Waals surface area contributed by atoms with E-state index < -0.39 is 10.2 Å². The van der Waals surface area contributed by atoms with Gasteiger partial charge in [-0.3, -0.25) is 0 Å². The molecule has 0 bridgehead atoms. The first-order valence-corrected chi connectivity index (χ1v) is 7.52. The number of halogens is 1. The van der Waals surface area contributed by atoms with Gasteiger partial charge in [0.15, 0.2) is 0 Å². The van der Waals surface area contributed by atoms with Gasteiger partial charge in [-0.05, 0) is 46.9 Å². The lowest BCUT2D eigenvalue weighted by Crippen LogP contribution is -2.33. The fourth-order valence-electron chi connectivity index (χ4n) is 2.72. The van der Waals surface area contributed by atoms with Crippen LogP contribution in [0.2, 0.25) is 0 Å². The Bertz CT molecular complexity index is 586. The maximum Gasteiger partial charge on any atom is 0.332 e. The van der Waals surface area contributed by atoms with Crippen LogP contribution in [-0.4, -0.2) is 8.42 Å². The van der Waals surface area contributed by atoms with E-state index in [4.69, 9.17) is 0 Å². The van der Waals surface area contributed by atoms with Crippen LogP contribution in [0.4, 0.5) is 3.89 Å². The molecule has 0 heterocycles. The minimum Gasteiger partial charge on any atom is -0.189 e. The van der Waals surface area contributed by atoms with E-state index in [9.17, 15) is 12.3 Å². The van der Waals surface area contributed by atoms with Crippen molar-refractivity contribution in [1.29, 1.82) is 0 Å². The Morgan fingerprint density at radius 1 is 1.00 bits per heavy atom. The molecule has 0 radical (unpaired) electrons. The van der Waals surface area contributed by atoms with E-state index in [2.05, 4.69) is 27.7 Å². The van der Waals surface area contributed by atoms with Gasteiger partial charge in [0.25, 0.3) is 0 Å². The lowest BCUT2D eigenvalue weighted by atomic mass is 9.63. The fraction of sp³-hybridized carbons (Fsp3) is 0.571. The molecule has 1 aromatic carbocycles. The predicted octanol–water partition coefficient (Wildman–Crippen LogP) is 3.69. The van der Waals surface area contributed by atoms with Crippen molar-refractivity contribution in [3.8, 4) is 0 Å². The van der Waals surface area contributed by atoms with E-state index in [0.717, 1.165) is 24.0 Å². The van der Waals surface area contributed by atoms with Crippen molar-refractivity contribution in [3.63, 3.8) is 0 Å². The lowest BCUT2D eigenvalue weighted by Gasteiger charge is -2.41. The van der Waals surface area contributed by atoms with Crippen LogP contribution in [0.25, 0.3) is 0 Å². The number of hydrogen-bond acceptors (Lipinski definition) is 2. The quantitative estimate of drug-likeness (QED) is 0.729. The minimum atomic E-state index is -4.62. The highest BCUT2D eigenvalue weighted by molar-refractivity contribution is 7.86. The maximum absolute atomic E-state index is 13.1. The molecule has 1 aliphatic rings. The van der Waals surface area contributed by atoms with Gasteiger partial charge in [-0.1, -0.05) is 33.8 Å². The van der Waals surface area contributed by atoms with Crippen LogP contribution in [0.15, 0.2) is 23.1 Å².